The average Bonchev–Trinajstić information content (AvgIpc) is 2.75. The number of likely N-dealkylation sites (N-methyl/N-ethyl adjacent to an activating group) is 1. The number of thioether (sulfide) groups is 1. The van der Waals surface area contributed by atoms with Crippen LogP contribution in [0.2, 0.25) is 0 Å². The van der Waals surface area contributed by atoms with Crippen molar-refractivity contribution in [2.24, 2.45) is 0 Å². The van der Waals surface area contributed by atoms with Crippen LogP contribution in [0.15, 0.2) is 42.5 Å². The first-order valence-electron chi connectivity index (χ1n) is 9.61. The van der Waals surface area contributed by atoms with E-state index in [1.165, 1.54) is 16.7 Å². The van der Waals surface area contributed by atoms with Crippen LogP contribution < -0.4 is 19.7 Å². The first-order valence-corrected chi connectivity index (χ1v) is 10.7. The molecule has 1 aliphatic heterocycles. The Balaban J connectivity index is 1.60. The van der Waals surface area contributed by atoms with Crippen molar-refractivity contribution in [3.63, 3.8) is 0 Å². The largest absolute Gasteiger partial charge is 0.492 e. The molecular weight excluding hydrogens is 404 g/mol. The highest BCUT2D eigenvalue weighted by Crippen LogP contribution is 2.33. The Morgan fingerprint density at radius 3 is 2.80 bits per heavy atom. The lowest BCUT2D eigenvalue weighted by Gasteiger charge is -2.26. The molecule has 0 radical (unpaired) electrons. The molecule has 0 bridgehead atoms. The van der Waals surface area contributed by atoms with Crippen molar-refractivity contribution in [2.45, 2.75) is 19.1 Å². The van der Waals surface area contributed by atoms with E-state index in [9.17, 15) is 14.4 Å². The Hall–Kier alpha value is -3.00. The molecule has 1 aliphatic rings. The number of carbonyl (C=O) groups is 3. The highest BCUT2D eigenvalue weighted by Gasteiger charge is 2.25. The van der Waals surface area contributed by atoms with Gasteiger partial charge in [-0.3, -0.25) is 14.4 Å². The number of fused-ring (bicyclic) bond motifs is 1. The third-order valence-electron chi connectivity index (χ3n) is 4.62. The SMILES string of the molecule is CCOc1ccccc1NC(=O)CSC(C)C(=O)c1ccc2c(c1)N(C)C(=O)CO2. The summed E-state index contributed by atoms with van der Waals surface area (Å²) in [5.74, 6) is 0.810. The molecule has 30 heavy (non-hydrogen) atoms. The predicted octanol–water partition coefficient (Wildman–Crippen LogP) is 3.38. The van der Waals surface area contributed by atoms with E-state index in [2.05, 4.69) is 5.32 Å². The van der Waals surface area contributed by atoms with Gasteiger partial charge in [0.15, 0.2) is 12.4 Å². The number of para-hydroxylation sites is 2. The summed E-state index contributed by atoms with van der Waals surface area (Å²) in [6, 6.07) is 12.3. The van der Waals surface area contributed by atoms with Gasteiger partial charge >= 0.3 is 0 Å². The van der Waals surface area contributed by atoms with Crippen LogP contribution in [0.25, 0.3) is 0 Å². The van der Waals surface area contributed by atoms with Crippen LogP contribution in [0.4, 0.5) is 11.4 Å². The maximum absolute atomic E-state index is 12.8. The topological polar surface area (TPSA) is 84.9 Å². The van der Waals surface area contributed by atoms with E-state index in [0.29, 0.717) is 35.0 Å². The zero-order chi connectivity index (χ0) is 21.7. The van der Waals surface area contributed by atoms with Crippen LogP contribution in [0, 0.1) is 0 Å². The number of benzene rings is 2. The van der Waals surface area contributed by atoms with Crippen molar-refractivity contribution in [2.75, 3.05) is 36.2 Å². The van der Waals surface area contributed by atoms with Gasteiger partial charge in [0.1, 0.15) is 11.5 Å². The monoisotopic (exact) mass is 428 g/mol. The van der Waals surface area contributed by atoms with Gasteiger partial charge in [0.05, 0.1) is 29.0 Å². The van der Waals surface area contributed by atoms with Gasteiger partial charge in [-0.1, -0.05) is 12.1 Å². The number of ketones is 1. The Bertz CT molecular complexity index is 962. The lowest BCUT2D eigenvalue weighted by molar-refractivity contribution is -0.121. The van der Waals surface area contributed by atoms with Gasteiger partial charge in [0.25, 0.3) is 5.91 Å². The summed E-state index contributed by atoms with van der Waals surface area (Å²) in [6.45, 7) is 4.13. The van der Waals surface area contributed by atoms with E-state index >= 15 is 0 Å². The average molecular weight is 429 g/mol. The first-order chi connectivity index (χ1) is 14.4. The Kier molecular flexibility index (Phi) is 6.99. The number of hydrogen-bond acceptors (Lipinski definition) is 6. The summed E-state index contributed by atoms with van der Waals surface area (Å²) in [5, 5.41) is 2.40. The molecule has 8 heteroatoms. The van der Waals surface area contributed by atoms with Crippen LogP contribution in [0.1, 0.15) is 24.2 Å². The standard InChI is InChI=1S/C22H24N2O5S/c1-4-28-18-8-6-5-7-16(18)23-20(25)13-30-14(2)22(27)15-9-10-19-17(11-15)24(3)21(26)12-29-19/h5-11,14H,4,12-13H2,1-3H3,(H,23,25). The third kappa shape index (κ3) is 4.94. The minimum Gasteiger partial charge on any atom is -0.492 e. The Morgan fingerprint density at radius 1 is 1.27 bits per heavy atom. The second-order valence-electron chi connectivity index (χ2n) is 6.72. The van der Waals surface area contributed by atoms with Crippen molar-refractivity contribution < 1.29 is 23.9 Å². The summed E-state index contributed by atoms with van der Waals surface area (Å²) in [6.07, 6.45) is 0. The molecule has 1 N–H and O–H groups in total. The van der Waals surface area contributed by atoms with Crippen LogP contribution in [0.3, 0.4) is 0 Å². The number of carbonyl (C=O) groups excluding carboxylic acids is 3. The molecule has 0 spiro atoms. The van der Waals surface area contributed by atoms with Crippen LogP contribution in [-0.2, 0) is 9.59 Å². The number of ether oxygens (including phenoxy) is 2. The summed E-state index contributed by atoms with van der Waals surface area (Å²) >= 11 is 1.25. The van der Waals surface area contributed by atoms with E-state index < -0.39 is 5.25 Å². The maximum atomic E-state index is 12.8. The molecule has 0 aliphatic carbocycles. The molecule has 0 aromatic heterocycles. The first kappa shape index (κ1) is 21.7. The zero-order valence-corrected chi connectivity index (χ0v) is 18.0. The van der Waals surface area contributed by atoms with Crippen LogP contribution >= 0.6 is 11.8 Å². The van der Waals surface area contributed by atoms with Gasteiger partial charge in [-0.25, -0.2) is 0 Å². The summed E-state index contributed by atoms with van der Waals surface area (Å²) < 4.78 is 10.9. The second-order valence-corrected chi connectivity index (χ2v) is 8.05. The number of nitrogens with one attached hydrogen (secondary N) is 1. The van der Waals surface area contributed by atoms with Gasteiger partial charge in [-0.15, -0.1) is 11.8 Å². The molecule has 158 valence electrons. The second kappa shape index (κ2) is 9.67. The van der Waals surface area contributed by atoms with Crippen molar-refractivity contribution in [3.8, 4) is 11.5 Å². The highest BCUT2D eigenvalue weighted by molar-refractivity contribution is 8.01. The summed E-state index contributed by atoms with van der Waals surface area (Å²) in [7, 11) is 1.65. The summed E-state index contributed by atoms with van der Waals surface area (Å²) in [5.41, 5.74) is 1.65. The minimum absolute atomic E-state index is 0.00934. The van der Waals surface area contributed by atoms with E-state index in [0.717, 1.165) is 0 Å². The predicted molar refractivity (Wildman–Crippen MR) is 118 cm³/mol. The highest BCUT2D eigenvalue weighted by atomic mass is 32.2. The van der Waals surface area contributed by atoms with Gasteiger partial charge in [0, 0.05) is 12.6 Å². The van der Waals surface area contributed by atoms with Crippen molar-refractivity contribution in [1.82, 2.24) is 0 Å². The molecule has 2 amide bonds. The van der Waals surface area contributed by atoms with Crippen molar-refractivity contribution in [1.29, 1.82) is 0 Å². The van der Waals surface area contributed by atoms with E-state index in [4.69, 9.17) is 9.47 Å². The number of nitrogens with zero attached hydrogens (tertiary/aromatic N) is 1. The molecule has 1 heterocycles. The third-order valence-corrected chi connectivity index (χ3v) is 5.77. The fourth-order valence-electron chi connectivity index (χ4n) is 2.97. The minimum atomic E-state index is -0.429. The Labute approximate surface area is 179 Å². The molecule has 0 fully saturated rings. The molecule has 3 rings (SSSR count). The lowest BCUT2D eigenvalue weighted by atomic mass is 10.1. The molecule has 0 saturated heterocycles. The maximum Gasteiger partial charge on any atom is 0.264 e. The Morgan fingerprint density at radius 2 is 2.03 bits per heavy atom. The van der Waals surface area contributed by atoms with E-state index in [-0.39, 0.29) is 30.0 Å². The fourth-order valence-corrected chi connectivity index (χ4v) is 3.74. The molecule has 7 nitrogen and oxygen atoms in total. The number of rotatable bonds is 8. The molecule has 1 unspecified atom stereocenters. The van der Waals surface area contributed by atoms with Crippen LogP contribution in [-0.4, -0.2) is 48.9 Å². The van der Waals surface area contributed by atoms with E-state index in [1.54, 1.807) is 44.3 Å². The number of anilines is 2. The smallest absolute Gasteiger partial charge is 0.264 e. The molecule has 2 aromatic carbocycles. The number of hydrogen-bond donors (Lipinski definition) is 1. The zero-order valence-electron chi connectivity index (χ0n) is 17.1. The summed E-state index contributed by atoms with van der Waals surface area (Å²) in [4.78, 5) is 38.5. The molecule has 0 saturated carbocycles. The molecular formula is C22H24N2O5S. The fraction of sp³-hybridized carbons (Fsp3) is 0.318. The van der Waals surface area contributed by atoms with Crippen molar-refractivity contribution >= 4 is 40.7 Å². The number of amides is 2. The van der Waals surface area contributed by atoms with E-state index in [1.807, 2.05) is 19.1 Å². The molecule has 2 aromatic rings. The molecule has 1 atom stereocenters. The van der Waals surface area contributed by atoms with Crippen molar-refractivity contribution in [3.05, 3.63) is 48.0 Å². The van der Waals surface area contributed by atoms with Gasteiger partial charge in [-0.2, -0.15) is 0 Å². The van der Waals surface area contributed by atoms with Gasteiger partial charge in [0.2, 0.25) is 5.91 Å². The quantitative estimate of drug-likeness (QED) is 0.649. The van der Waals surface area contributed by atoms with Gasteiger partial charge in [-0.05, 0) is 44.2 Å². The van der Waals surface area contributed by atoms with Crippen LogP contribution in [0.5, 0.6) is 11.5 Å². The van der Waals surface area contributed by atoms with Gasteiger partial charge < -0.3 is 19.7 Å². The lowest BCUT2D eigenvalue weighted by Crippen LogP contribution is -2.35. The normalized spacial score (nSPS) is 13.8. The number of Topliss-reactive ketones (excluding diaryl/α,β-unsaturated/α-hetero) is 1.